The Labute approximate surface area is 102 Å². The number of amides is 1. The molecule has 92 valence electrons. The van der Waals surface area contributed by atoms with Gasteiger partial charge >= 0.3 is 0 Å². The summed E-state index contributed by atoms with van der Waals surface area (Å²) in [6.45, 7) is 0. The normalized spacial score (nSPS) is 24.3. The highest BCUT2D eigenvalue weighted by molar-refractivity contribution is 5.90. The van der Waals surface area contributed by atoms with Gasteiger partial charge in [-0.2, -0.15) is 0 Å². The van der Waals surface area contributed by atoms with Crippen LogP contribution in [0.5, 0.6) is 0 Å². The largest absolute Gasteiger partial charge is 0.327 e. The first-order valence-electron chi connectivity index (χ1n) is 6.36. The van der Waals surface area contributed by atoms with Gasteiger partial charge in [0.05, 0.1) is 0 Å². The van der Waals surface area contributed by atoms with Crippen LogP contribution in [0.25, 0.3) is 0 Å². The minimum atomic E-state index is 0.0820. The van der Waals surface area contributed by atoms with Crippen LogP contribution in [0.1, 0.15) is 32.1 Å². The van der Waals surface area contributed by atoms with Gasteiger partial charge in [0.1, 0.15) is 0 Å². The molecule has 1 saturated carbocycles. The smallest absolute Gasteiger partial charge is 0.224 e. The van der Waals surface area contributed by atoms with E-state index in [-0.39, 0.29) is 11.9 Å². The Morgan fingerprint density at radius 2 is 1.94 bits per heavy atom. The number of para-hydroxylation sites is 1. The third-order valence-corrected chi connectivity index (χ3v) is 3.47. The second-order valence-corrected chi connectivity index (χ2v) is 4.83. The Bertz CT molecular complexity index is 364. The first-order valence-corrected chi connectivity index (χ1v) is 6.36. The van der Waals surface area contributed by atoms with Crippen molar-refractivity contribution < 1.29 is 4.79 Å². The number of carbonyl (C=O) groups is 1. The lowest BCUT2D eigenvalue weighted by Crippen LogP contribution is -2.35. The predicted molar refractivity (Wildman–Crippen MR) is 69.6 cm³/mol. The van der Waals surface area contributed by atoms with Crippen molar-refractivity contribution in [1.29, 1.82) is 0 Å². The van der Waals surface area contributed by atoms with E-state index in [2.05, 4.69) is 5.32 Å². The molecular formula is C14H20N2O. The highest BCUT2D eigenvalue weighted by Crippen LogP contribution is 2.25. The molecule has 2 atom stereocenters. The minimum Gasteiger partial charge on any atom is -0.327 e. The Balaban J connectivity index is 1.84. The van der Waals surface area contributed by atoms with Crippen molar-refractivity contribution in [1.82, 2.24) is 0 Å². The molecule has 0 aromatic heterocycles. The first kappa shape index (κ1) is 12.1. The summed E-state index contributed by atoms with van der Waals surface area (Å²) in [6, 6.07) is 9.78. The summed E-state index contributed by atoms with van der Waals surface area (Å²) >= 11 is 0. The van der Waals surface area contributed by atoms with Crippen molar-refractivity contribution in [2.24, 2.45) is 11.7 Å². The molecule has 0 aliphatic heterocycles. The Hall–Kier alpha value is -1.35. The molecule has 3 N–H and O–H groups in total. The third-order valence-electron chi connectivity index (χ3n) is 3.47. The van der Waals surface area contributed by atoms with Crippen LogP contribution in [0.15, 0.2) is 30.3 Å². The molecule has 2 rings (SSSR count). The molecule has 0 saturated heterocycles. The average molecular weight is 232 g/mol. The molecule has 1 fully saturated rings. The van der Waals surface area contributed by atoms with E-state index in [1.165, 1.54) is 12.8 Å². The zero-order chi connectivity index (χ0) is 12.1. The Kier molecular flexibility index (Phi) is 4.15. The fourth-order valence-corrected chi connectivity index (χ4v) is 2.46. The van der Waals surface area contributed by atoms with Gasteiger partial charge in [0, 0.05) is 18.2 Å². The summed E-state index contributed by atoms with van der Waals surface area (Å²) in [7, 11) is 0. The van der Waals surface area contributed by atoms with Gasteiger partial charge in [0.25, 0.3) is 0 Å². The van der Waals surface area contributed by atoms with Gasteiger partial charge in [0.2, 0.25) is 5.91 Å². The van der Waals surface area contributed by atoms with Crippen molar-refractivity contribution in [3.63, 3.8) is 0 Å². The number of hydrogen-bond acceptors (Lipinski definition) is 2. The lowest BCUT2D eigenvalue weighted by molar-refractivity contribution is -0.117. The lowest BCUT2D eigenvalue weighted by atomic mass is 9.83. The standard InChI is InChI=1S/C14H20N2O/c15-13-9-5-4-6-11(13)10-14(17)16-12-7-2-1-3-8-12/h1-3,7-8,11,13H,4-6,9-10,15H2,(H,16,17). The molecule has 3 heteroatoms. The molecule has 0 radical (unpaired) electrons. The monoisotopic (exact) mass is 232 g/mol. The number of anilines is 1. The molecular weight excluding hydrogens is 212 g/mol. The van der Waals surface area contributed by atoms with Crippen LogP contribution in [0.3, 0.4) is 0 Å². The van der Waals surface area contributed by atoms with Gasteiger partial charge < -0.3 is 11.1 Å². The van der Waals surface area contributed by atoms with Gasteiger partial charge in [-0.1, -0.05) is 31.0 Å². The quantitative estimate of drug-likeness (QED) is 0.841. The van der Waals surface area contributed by atoms with Crippen molar-refractivity contribution in [2.75, 3.05) is 5.32 Å². The molecule has 1 aromatic rings. The van der Waals surface area contributed by atoms with Crippen molar-refractivity contribution in [3.05, 3.63) is 30.3 Å². The number of rotatable bonds is 3. The Morgan fingerprint density at radius 1 is 1.24 bits per heavy atom. The molecule has 3 nitrogen and oxygen atoms in total. The Morgan fingerprint density at radius 3 is 2.65 bits per heavy atom. The van der Waals surface area contributed by atoms with E-state index >= 15 is 0 Å². The van der Waals surface area contributed by atoms with Crippen LogP contribution in [0, 0.1) is 5.92 Å². The summed E-state index contributed by atoms with van der Waals surface area (Å²) < 4.78 is 0. The number of nitrogens with one attached hydrogen (secondary N) is 1. The van der Waals surface area contributed by atoms with Crippen molar-refractivity contribution in [2.45, 2.75) is 38.1 Å². The van der Waals surface area contributed by atoms with Gasteiger partial charge in [-0.15, -0.1) is 0 Å². The third kappa shape index (κ3) is 3.56. The zero-order valence-electron chi connectivity index (χ0n) is 10.1. The molecule has 0 spiro atoms. The van der Waals surface area contributed by atoms with E-state index in [1.807, 2.05) is 30.3 Å². The van der Waals surface area contributed by atoms with E-state index in [0.717, 1.165) is 18.5 Å². The maximum atomic E-state index is 11.9. The maximum absolute atomic E-state index is 11.9. The summed E-state index contributed by atoms with van der Waals surface area (Å²) in [6.07, 6.45) is 5.11. The van der Waals surface area contributed by atoms with Crippen LogP contribution >= 0.6 is 0 Å². The second-order valence-electron chi connectivity index (χ2n) is 4.83. The number of benzene rings is 1. The van der Waals surface area contributed by atoms with Crippen molar-refractivity contribution >= 4 is 11.6 Å². The summed E-state index contributed by atoms with van der Waals surface area (Å²) in [5, 5.41) is 2.92. The van der Waals surface area contributed by atoms with Crippen LogP contribution in [-0.4, -0.2) is 11.9 Å². The van der Waals surface area contributed by atoms with E-state index in [4.69, 9.17) is 5.73 Å². The first-order chi connectivity index (χ1) is 8.25. The van der Waals surface area contributed by atoms with E-state index < -0.39 is 0 Å². The molecule has 0 heterocycles. The van der Waals surface area contributed by atoms with E-state index in [9.17, 15) is 4.79 Å². The maximum Gasteiger partial charge on any atom is 0.224 e. The highest BCUT2D eigenvalue weighted by Gasteiger charge is 2.23. The fourth-order valence-electron chi connectivity index (χ4n) is 2.46. The summed E-state index contributed by atoms with van der Waals surface area (Å²) in [4.78, 5) is 11.9. The number of nitrogens with two attached hydrogens (primary N) is 1. The zero-order valence-corrected chi connectivity index (χ0v) is 10.1. The predicted octanol–water partition coefficient (Wildman–Crippen LogP) is 2.53. The van der Waals surface area contributed by atoms with E-state index in [1.54, 1.807) is 0 Å². The number of hydrogen-bond donors (Lipinski definition) is 2. The molecule has 1 aromatic carbocycles. The SMILES string of the molecule is NC1CCCCC1CC(=O)Nc1ccccc1. The van der Waals surface area contributed by atoms with Gasteiger partial charge in [0.15, 0.2) is 0 Å². The van der Waals surface area contributed by atoms with Crippen LogP contribution < -0.4 is 11.1 Å². The van der Waals surface area contributed by atoms with Crippen LogP contribution in [0.2, 0.25) is 0 Å². The molecule has 17 heavy (non-hydrogen) atoms. The molecule has 0 bridgehead atoms. The average Bonchev–Trinajstić information content (AvgIpc) is 2.33. The highest BCUT2D eigenvalue weighted by atomic mass is 16.1. The van der Waals surface area contributed by atoms with Gasteiger partial charge in [-0.05, 0) is 30.9 Å². The topological polar surface area (TPSA) is 55.1 Å². The number of carbonyl (C=O) groups excluding carboxylic acids is 1. The molecule has 1 aliphatic carbocycles. The van der Waals surface area contributed by atoms with Crippen LogP contribution in [0.4, 0.5) is 5.69 Å². The minimum absolute atomic E-state index is 0.0820. The van der Waals surface area contributed by atoms with E-state index in [0.29, 0.717) is 12.3 Å². The molecule has 1 aliphatic rings. The molecule has 2 unspecified atom stereocenters. The van der Waals surface area contributed by atoms with Gasteiger partial charge in [-0.3, -0.25) is 4.79 Å². The second kappa shape index (κ2) is 5.82. The fraction of sp³-hybridized carbons (Fsp3) is 0.500. The van der Waals surface area contributed by atoms with Crippen molar-refractivity contribution in [3.8, 4) is 0 Å². The summed E-state index contributed by atoms with van der Waals surface area (Å²) in [5.41, 5.74) is 6.90. The summed E-state index contributed by atoms with van der Waals surface area (Å²) in [5.74, 6) is 0.436. The molecule has 1 amide bonds. The lowest BCUT2D eigenvalue weighted by Gasteiger charge is -2.27. The van der Waals surface area contributed by atoms with Crippen LogP contribution in [-0.2, 0) is 4.79 Å². The van der Waals surface area contributed by atoms with Gasteiger partial charge in [-0.25, -0.2) is 0 Å².